The fraction of sp³-hybridized carbons (Fsp3) is 0.125. The number of thiophene rings is 1. The van der Waals surface area contributed by atoms with Crippen molar-refractivity contribution in [3.63, 3.8) is 0 Å². The Morgan fingerprint density at radius 1 is 1.05 bits per heavy atom. The number of halogens is 2. The van der Waals surface area contributed by atoms with E-state index in [1.807, 2.05) is 29.6 Å². The van der Waals surface area contributed by atoms with Crippen molar-refractivity contribution in [2.45, 2.75) is 12.5 Å². The average Bonchev–Trinajstić information content (AvgIpc) is 2.87. The average molecular weight is 289 g/mol. The van der Waals surface area contributed by atoms with Crippen LogP contribution in [0.4, 0.5) is 8.78 Å². The van der Waals surface area contributed by atoms with Crippen molar-refractivity contribution < 1.29 is 8.78 Å². The van der Waals surface area contributed by atoms with Gasteiger partial charge in [0.1, 0.15) is 0 Å². The minimum atomic E-state index is -0.830. The van der Waals surface area contributed by atoms with E-state index in [0.29, 0.717) is 12.0 Å². The molecule has 3 rings (SSSR count). The lowest BCUT2D eigenvalue weighted by molar-refractivity contribution is 0.506. The van der Waals surface area contributed by atoms with Gasteiger partial charge in [-0.15, -0.1) is 11.3 Å². The topological polar surface area (TPSA) is 26.0 Å². The van der Waals surface area contributed by atoms with Crippen molar-refractivity contribution >= 4 is 21.4 Å². The molecule has 0 spiro atoms. The van der Waals surface area contributed by atoms with E-state index in [1.165, 1.54) is 10.8 Å². The molecule has 0 saturated carbocycles. The Morgan fingerprint density at radius 3 is 2.65 bits per heavy atom. The van der Waals surface area contributed by atoms with E-state index in [-0.39, 0.29) is 6.04 Å². The van der Waals surface area contributed by atoms with E-state index < -0.39 is 11.6 Å². The number of benzene rings is 2. The maximum absolute atomic E-state index is 13.2. The second-order valence-corrected chi connectivity index (χ2v) is 5.66. The molecule has 0 aliphatic carbocycles. The molecule has 2 N–H and O–H groups in total. The van der Waals surface area contributed by atoms with Crippen molar-refractivity contribution in [1.29, 1.82) is 0 Å². The van der Waals surface area contributed by atoms with Gasteiger partial charge in [-0.1, -0.05) is 24.3 Å². The van der Waals surface area contributed by atoms with Gasteiger partial charge >= 0.3 is 0 Å². The van der Waals surface area contributed by atoms with E-state index in [0.717, 1.165) is 17.0 Å². The molecule has 1 heterocycles. The lowest BCUT2D eigenvalue weighted by atomic mass is 9.99. The highest BCUT2D eigenvalue weighted by Gasteiger charge is 2.13. The first-order valence-electron chi connectivity index (χ1n) is 6.31. The first kappa shape index (κ1) is 13.2. The molecule has 0 amide bonds. The van der Waals surface area contributed by atoms with Crippen molar-refractivity contribution in [3.8, 4) is 0 Å². The molecule has 0 aliphatic rings. The molecule has 1 aromatic heterocycles. The predicted octanol–water partition coefficient (Wildman–Crippen LogP) is 4.42. The van der Waals surface area contributed by atoms with Gasteiger partial charge in [0.2, 0.25) is 0 Å². The van der Waals surface area contributed by atoms with Crippen LogP contribution in [0, 0.1) is 11.6 Å². The smallest absolute Gasteiger partial charge is 0.159 e. The third kappa shape index (κ3) is 2.44. The van der Waals surface area contributed by atoms with Crippen LogP contribution in [0.2, 0.25) is 0 Å². The lowest BCUT2D eigenvalue weighted by Crippen LogP contribution is -2.13. The molecule has 4 heteroatoms. The standard InChI is InChI=1S/C16H13F2NS/c17-13-6-5-10(7-14(13)18)8-15(19)12-9-20-16-4-2-1-3-11(12)16/h1-7,9,15H,8,19H2. The largest absolute Gasteiger partial charge is 0.324 e. The number of nitrogens with two attached hydrogens (primary N) is 1. The minimum Gasteiger partial charge on any atom is -0.324 e. The molecule has 0 fully saturated rings. The van der Waals surface area contributed by atoms with Gasteiger partial charge in [-0.25, -0.2) is 8.78 Å². The molecule has 1 atom stereocenters. The molecular formula is C16H13F2NS. The van der Waals surface area contributed by atoms with Crippen LogP contribution in [-0.4, -0.2) is 0 Å². The summed E-state index contributed by atoms with van der Waals surface area (Å²) in [5.74, 6) is -1.66. The Hall–Kier alpha value is -1.78. The van der Waals surface area contributed by atoms with Gasteiger partial charge < -0.3 is 5.73 Å². The fourth-order valence-electron chi connectivity index (χ4n) is 2.32. The summed E-state index contributed by atoms with van der Waals surface area (Å²) in [6.45, 7) is 0. The normalized spacial score (nSPS) is 12.8. The van der Waals surface area contributed by atoms with E-state index in [4.69, 9.17) is 5.73 Å². The van der Waals surface area contributed by atoms with Crippen LogP contribution < -0.4 is 5.73 Å². The van der Waals surface area contributed by atoms with Crippen molar-refractivity contribution in [2.24, 2.45) is 5.73 Å². The third-order valence-electron chi connectivity index (χ3n) is 3.35. The van der Waals surface area contributed by atoms with Crippen LogP contribution in [0.3, 0.4) is 0 Å². The third-order valence-corrected chi connectivity index (χ3v) is 4.33. The summed E-state index contributed by atoms with van der Waals surface area (Å²) in [5.41, 5.74) is 7.97. The lowest BCUT2D eigenvalue weighted by Gasteiger charge is -2.11. The van der Waals surface area contributed by atoms with E-state index in [9.17, 15) is 8.78 Å². The van der Waals surface area contributed by atoms with Crippen LogP contribution in [-0.2, 0) is 6.42 Å². The number of hydrogen-bond acceptors (Lipinski definition) is 2. The molecule has 0 bridgehead atoms. The van der Waals surface area contributed by atoms with E-state index >= 15 is 0 Å². The summed E-state index contributed by atoms with van der Waals surface area (Å²) in [6.07, 6.45) is 0.484. The van der Waals surface area contributed by atoms with Gasteiger partial charge in [0.15, 0.2) is 11.6 Å². The highest BCUT2D eigenvalue weighted by atomic mass is 32.1. The summed E-state index contributed by atoms with van der Waals surface area (Å²) in [7, 11) is 0. The Balaban J connectivity index is 1.89. The highest BCUT2D eigenvalue weighted by molar-refractivity contribution is 7.17. The molecule has 0 aliphatic heterocycles. The van der Waals surface area contributed by atoms with Gasteiger partial charge in [0.05, 0.1) is 0 Å². The SMILES string of the molecule is NC(Cc1ccc(F)c(F)c1)c1csc2ccccc12. The second kappa shape index (κ2) is 5.31. The Kier molecular flexibility index (Phi) is 3.51. The fourth-order valence-corrected chi connectivity index (χ4v) is 3.34. The number of hydrogen-bond donors (Lipinski definition) is 1. The number of fused-ring (bicyclic) bond motifs is 1. The zero-order valence-corrected chi connectivity index (χ0v) is 11.5. The second-order valence-electron chi connectivity index (χ2n) is 4.75. The zero-order chi connectivity index (χ0) is 14.1. The van der Waals surface area contributed by atoms with Crippen LogP contribution >= 0.6 is 11.3 Å². The van der Waals surface area contributed by atoms with Crippen LogP contribution in [0.15, 0.2) is 47.8 Å². The Morgan fingerprint density at radius 2 is 1.85 bits per heavy atom. The zero-order valence-electron chi connectivity index (χ0n) is 10.6. The van der Waals surface area contributed by atoms with Gasteiger partial charge in [0, 0.05) is 10.7 Å². The Bertz CT molecular complexity index is 751. The molecule has 1 unspecified atom stereocenters. The number of rotatable bonds is 3. The van der Waals surface area contributed by atoms with E-state index in [2.05, 4.69) is 0 Å². The molecule has 1 nitrogen and oxygen atoms in total. The summed E-state index contributed by atoms with van der Waals surface area (Å²) < 4.78 is 27.3. The molecule has 20 heavy (non-hydrogen) atoms. The first-order valence-corrected chi connectivity index (χ1v) is 7.19. The molecular weight excluding hydrogens is 276 g/mol. The summed E-state index contributed by atoms with van der Waals surface area (Å²) in [4.78, 5) is 0. The van der Waals surface area contributed by atoms with Crippen LogP contribution in [0.1, 0.15) is 17.2 Å². The molecule has 0 radical (unpaired) electrons. The minimum absolute atomic E-state index is 0.226. The maximum Gasteiger partial charge on any atom is 0.159 e. The molecule has 102 valence electrons. The van der Waals surface area contributed by atoms with Crippen molar-refractivity contribution in [1.82, 2.24) is 0 Å². The Labute approximate surface area is 119 Å². The maximum atomic E-state index is 13.2. The summed E-state index contributed by atoms with van der Waals surface area (Å²) >= 11 is 1.64. The predicted molar refractivity (Wildman–Crippen MR) is 78.8 cm³/mol. The van der Waals surface area contributed by atoms with Gasteiger partial charge in [-0.3, -0.25) is 0 Å². The molecule has 0 saturated heterocycles. The van der Waals surface area contributed by atoms with Crippen LogP contribution in [0.5, 0.6) is 0 Å². The first-order chi connectivity index (χ1) is 9.65. The van der Waals surface area contributed by atoms with Crippen molar-refractivity contribution in [2.75, 3.05) is 0 Å². The highest BCUT2D eigenvalue weighted by Crippen LogP contribution is 2.30. The molecule has 2 aromatic carbocycles. The van der Waals surface area contributed by atoms with Gasteiger partial charge in [-0.2, -0.15) is 0 Å². The monoisotopic (exact) mass is 289 g/mol. The van der Waals surface area contributed by atoms with Crippen molar-refractivity contribution in [3.05, 3.63) is 70.6 Å². The van der Waals surface area contributed by atoms with E-state index in [1.54, 1.807) is 17.4 Å². The van der Waals surface area contributed by atoms with Gasteiger partial charge in [-0.05, 0) is 46.5 Å². The summed E-state index contributed by atoms with van der Waals surface area (Å²) in [5, 5.41) is 3.17. The van der Waals surface area contributed by atoms with Gasteiger partial charge in [0.25, 0.3) is 0 Å². The van der Waals surface area contributed by atoms with Crippen LogP contribution in [0.25, 0.3) is 10.1 Å². The molecule has 3 aromatic rings. The quantitative estimate of drug-likeness (QED) is 0.758. The summed E-state index contributed by atoms with van der Waals surface area (Å²) in [6, 6.07) is 11.8.